The molecule has 0 bridgehead atoms. The number of hydrogen-bond donors (Lipinski definition) is 1. The van der Waals surface area contributed by atoms with Gasteiger partial charge in [-0.05, 0) is 42.4 Å². The fourth-order valence-electron chi connectivity index (χ4n) is 4.33. The van der Waals surface area contributed by atoms with E-state index in [-0.39, 0.29) is 6.09 Å². The summed E-state index contributed by atoms with van der Waals surface area (Å²) in [5.41, 5.74) is 4.93. The van der Waals surface area contributed by atoms with Gasteiger partial charge in [0, 0.05) is 23.0 Å². The monoisotopic (exact) mass is 463 g/mol. The number of alkyl carbamates (subject to hydrolysis) is 1. The number of amides is 1. The second kappa shape index (κ2) is 9.48. The summed E-state index contributed by atoms with van der Waals surface area (Å²) in [7, 11) is 0. The van der Waals surface area contributed by atoms with Crippen LogP contribution in [0.4, 0.5) is 4.79 Å². The van der Waals surface area contributed by atoms with Gasteiger partial charge in [0.25, 0.3) is 0 Å². The summed E-state index contributed by atoms with van der Waals surface area (Å²) in [6.07, 6.45) is 3.17. The molecule has 1 amide bonds. The Morgan fingerprint density at radius 2 is 1.43 bits per heavy atom. The molecule has 0 fully saturated rings. The number of rotatable bonds is 8. The van der Waals surface area contributed by atoms with Gasteiger partial charge in [-0.2, -0.15) is 0 Å². The number of halogens is 1. The molecule has 0 atom stereocenters. The van der Waals surface area contributed by atoms with E-state index in [2.05, 4.69) is 57.6 Å². The zero-order valence-electron chi connectivity index (χ0n) is 16.9. The van der Waals surface area contributed by atoms with E-state index in [1.54, 1.807) is 0 Å². The first-order valence-electron chi connectivity index (χ1n) is 10.5. The molecule has 0 unspecified atom stereocenters. The van der Waals surface area contributed by atoms with Crippen LogP contribution < -0.4 is 5.32 Å². The Morgan fingerprint density at radius 3 is 2.07 bits per heavy atom. The van der Waals surface area contributed by atoms with Crippen LogP contribution in [-0.2, 0) is 16.8 Å². The van der Waals surface area contributed by atoms with Gasteiger partial charge in [0.15, 0.2) is 5.60 Å². The van der Waals surface area contributed by atoms with Gasteiger partial charge in [-0.15, -0.1) is 0 Å². The molecule has 0 heterocycles. The Morgan fingerprint density at radius 1 is 0.833 bits per heavy atom. The Labute approximate surface area is 186 Å². The molecule has 0 radical (unpaired) electrons. The van der Waals surface area contributed by atoms with Crippen LogP contribution in [0.2, 0.25) is 0 Å². The van der Waals surface area contributed by atoms with Crippen molar-refractivity contribution < 1.29 is 9.53 Å². The molecule has 3 aromatic carbocycles. The van der Waals surface area contributed by atoms with Crippen LogP contribution in [0.3, 0.4) is 0 Å². The van der Waals surface area contributed by atoms with Crippen molar-refractivity contribution in [2.75, 3.05) is 11.9 Å². The van der Waals surface area contributed by atoms with Gasteiger partial charge in [0.05, 0.1) is 0 Å². The number of carbonyl (C=O) groups is 1. The number of fused-ring (bicyclic) bond motifs is 3. The van der Waals surface area contributed by atoms with Crippen molar-refractivity contribution in [3.8, 4) is 11.1 Å². The highest BCUT2D eigenvalue weighted by molar-refractivity contribution is 9.09. The van der Waals surface area contributed by atoms with Crippen molar-refractivity contribution in [2.24, 2.45) is 0 Å². The van der Waals surface area contributed by atoms with Gasteiger partial charge in [0.1, 0.15) is 0 Å². The van der Waals surface area contributed by atoms with E-state index in [1.807, 2.05) is 42.5 Å². The van der Waals surface area contributed by atoms with Crippen LogP contribution >= 0.6 is 15.9 Å². The number of ether oxygens (including phenoxy) is 1. The second-order valence-electron chi connectivity index (χ2n) is 7.62. The number of nitrogens with one attached hydrogen (secondary N) is 1. The third-order valence-electron chi connectivity index (χ3n) is 5.72. The maximum absolute atomic E-state index is 12.9. The summed E-state index contributed by atoms with van der Waals surface area (Å²) < 4.78 is 6.27. The summed E-state index contributed by atoms with van der Waals surface area (Å²) in [6.45, 7) is 0.545. The lowest BCUT2D eigenvalue weighted by molar-refractivity contribution is 0.0338. The van der Waals surface area contributed by atoms with E-state index in [0.29, 0.717) is 6.54 Å². The number of carbonyl (C=O) groups excluding carboxylic acids is 1. The van der Waals surface area contributed by atoms with Crippen LogP contribution in [0.25, 0.3) is 11.1 Å². The minimum atomic E-state index is -0.744. The molecule has 0 saturated carbocycles. The van der Waals surface area contributed by atoms with E-state index in [9.17, 15) is 4.79 Å². The summed E-state index contributed by atoms with van der Waals surface area (Å²) in [6, 6.07) is 26.7. The van der Waals surface area contributed by atoms with E-state index >= 15 is 0 Å². The van der Waals surface area contributed by atoms with Crippen molar-refractivity contribution in [3.05, 3.63) is 95.6 Å². The molecule has 154 valence electrons. The molecule has 4 heteroatoms. The molecule has 0 spiro atoms. The minimum absolute atomic E-state index is 0.365. The molecule has 4 rings (SSSR count). The fourth-order valence-corrected chi connectivity index (χ4v) is 4.73. The quantitative estimate of drug-likeness (QED) is 0.308. The second-order valence-corrected chi connectivity index (χ2v) is 8.41. The largest absolute Gasteiger partial charge is 0.433 e. The third-order valence-corrected chi connectivity index (χ3v) is 6.28. The zero-order valence-corrected chi connectivity index (χ0v) is 18.5. The number of hydrogen-bond acceptors (Lipinski definition) is 2. The topological polar surface area (TPSA) is 38.3 Å². The van der Waals surface area contributed by atoms with E-state index < -0.39 is 5.60 Å². The van der Waals surface area contributed by atoms with E-state index in [4.69, 9.17) is 4.74 Å². The summed E-state index contributed by atoms with van der Waals surface area (Å²) >= 11 is 3.53. The zero-order chi connectivity index (χ0) is 20.8. The molecular formula is C26H26BrNO2. The first kappa shape index (κ1) is 20.7. The Hall–Kier alpha value is -2.59. The van der Waals surface area contributed by atoms with Gasteiger partial charge >= 0.3 is 6.09 Å². The average Bonchev–Trinajstić information content (AvgIpc) is 3.05. The highest BCUT2D eigenvalue weighted by Gasteiger charge is 2.45. The van der Waals surface area contributed by atoms with Gasteiger partial charge in [-0.25, -0.2) is 4.79 Å². The minimum Gasteiger partial charge on any atom is -0.433 e. The molecule has 0 aromatic heterocycles. The number of benzene rings is 3. The first-order chi connectivity index (χ1) is 14.7. The molecule has 0 aliphatic heterocycles. The Bertz CT molecular complexity index is 957. The van der Waals surface area contributed by atoms with E-state index in [1.165, 1.54) is 5.56 Å². The Kier molecular flexibility index (Phi) is 6.53. The fraction of sp³-hybridized carbons (Fsp3) is 0.269. The van der Waals surface area contributed by atoms with Crippen LogP contribution in [0.1, 0.15) is 36.0 Å². The van der Waals surface area contributed by atoms with Gasteiger partial charge < -0.3 is 10.1 Å². The lowest BCUT2D eigenvalue weighted by atomic mass is 9.86. The van der Waals surface area contributed by atoms with E-state index in [0.717, 1.165) is 53.3 Å². The number of alkyl halides is 1. The highest BCUT2D eigenvalue weighted by Crippen LogP contribution is 2.52. The van der Waals surface area contributed by atoms with Crippen molar-refractivity contribution in [1.29, 1.82) is 0 Å². The van der Waals surface area contributed by atoms with Crippen molar-refractivity contribution >= 4 is 22.0 Å². The predicted molar refractivity (Wildman–Crippen MR) is 125 cm³/mol. The van der Waals surface area contributed by atoms with Crippen LogP contribution in [0, 0.1) is 0 Å². The van der Waals surface area contributed by atoms with Crippen molar-refractivity contribution in [2.45, 2.75) is 31.3 Å². The smallest absolute Gasteiger partial charge is 0.408 e. The van der Waals surface area contributed by atoms with Crippen LogP contribution in [0.15, 0.2) is 78.9 Å². The maximum atomic E-state index is 12.9. The molecule has 0 saturated heterocycles. The van der Waals surface area contributed by atoms with Gasteiger partial charge in [-0.3, -0.25) is 0 Å². The molecule has 3 nitrogen and oxygen atoms in total. The van der Waals surface area contributed by atoms with Gasteiger partial charge in [0.2, 0.25) is 0 Å². The first-order valence-corrected chi connectivity index (χ1v) is 11.6. The van der Waals surface area contributed by atoms with Crippen molar-refractivity contribution in [3.63, 3.8) is 0 Å². The van der Waals surface area contributed by atoms with Gasteiger partial charge in [-0.1, -0.05) is 94.8 Å². The third kappa shape index (κ3) is 4.15. The molecule has 30 heavy (non-hydrogen) atoms. The summed E-state index contributed by atoms with van der Waals surface area (Å²) in [4.78, 5) is 12.9. The standard InChI is InChI=1S/C26H26BrNO2/c27-18-9-8-17-26(30-25(29)28-19-16-20-10-2-1-3-11-20)23-14-6-4-12-21(23)22-13-5-7-15-24(22)26/h1-7,10-15H,8-9,16-19H2,(H,28,29). The lowest BCUT2D eigenvalue weighted by Crippen LogP contribution is -2.37. The van der Waals surface area contributed by atoms with Crippen LogP contribution in [0.5, 0.6) is 0 Å². The Balaban J connectivity index is 1.58. The number of unbranched alkanes of at least 4 members (excludes halogenated alkanes) is 1. The molecule has 1 aliphatic rings. The normalized spacial score (nSPS) is 13.4. The van der Waals surface area contributed by atoms with Crippen LogP contribution in [-0.4, -0.2) is 18.0 Å². The SMILES string of the molecule is O=C(NCCc1ccccc1)OC1(CCCCBr)c2ccccc2-c2ccccc21. The highest BCUT2D eigenvalue weighted by atomic mass is 79.9. The summed E-state index contributed by atoms with van der Waals surface area (Å²) in [5.74, 6) is 0. The average molecular weight is 464 g/mol. The molecule has 1 N–H and O–H groups in total. The molecular weight excluding hydrogens is 438 g/mol. The lowest BCUT2D eigenvalue weighted by Gasteiger charge is -2.32. The van der Waals surface area contributed by atoms with Crippen molar-refractivity contribution in [1.82, 2.24) is 5.32 Å². The maximum Gasteiger partial charge on any atom is 0.408 e. The predicted octanol–water partition coefficient (Wildman–Crippen LogP) is 6.44. The molecule has 1 aliphatic carbocycles. The molecule has 3 aromatic rings. The summed E-state index contributed by atoms with van der Waals surface area (Å²) in [5, 5.41) is 3.90.